The fourth-order valence-electron chi connectivity index (χ4n) is 4.35. The predicted octanol–water partition coefficient (Wildman–Crippen LogP) is 5.57. The molecule has 1 aliphatic rings. The minimum Gasteiger partial charge on any atom is -0.481 e. The molecule has 0 amide bonds. The van der Waals surface area contributed by atoms with Gasteiger partial charge in [0.2, 0.25) is 0 Å². The van der Waals surface area contributed by atoms with Gasteiger partial charge in [0.25, 0.3) is 0 Å². The van der Waals surface area contributed by atoms with E-state index >= 15 is 0 Å². The molecule has 3 aromatic rings. The molecule has 2 atom stereocenters. The second-order valence-corrected chi connectivity index (χ2v) is 8.01. The Morgan fingerprint density at radius 3 is 2.45 bits per heavy atom. The summed E-state index contributed by atoms with van der Waals surface area (Å²) < 4.78 is 6.00. The summed E-state index contributed by atoms with van der Waals surface area (Å²) in [5, 5.41) is 13.4. The molecular weight excluding hydrogens is 364 g/mol. The molecule has 1 aliphatic carbocycles. The normalized spacial score (nSPS) is 19.2. The van der Waals surface area contributed by atoms with Crippen LogP contribution in [0.1, 0.15) is 30.9 Å². The maximum Gasteiger partial charge on any atom is 0.315 e. The topological polar surface area (TPSA) is 63.6 Å². The maximum absolute atomic E-state index is 13.2. The molecule has 0 heterocycles. The van der Waals surface area contributed by atoms with E-state index in [4.69, 9.17) is 4.74 Å². The Morgan fingerprint density at radius 2 is 1.69 bits per heavy atom. The maximum atomic E-state index is 13.2. The third kappa shape index (κ3) is 3.39. The number of rotatable bonds is 3. The Morgan fingerprint density at radius 1 is 0.966 bits per heavy atom. The Bertz CT molecular complexity index is 1170. The van der Waals surface area contributed by atoms with Gasteiger partial charge in [-0.3, -0.25) is 9.59 Å². The van der Waals surface area contributed by atoms with E-state index in [9.17, 15) is 14.7 Å². The van der Waals surface area contributed by atoms with Crippen molar-refractivity contribution in [3.63, 3.8) is 0 Å². The van der Waals surface area contributed by atoms with Gasteiger partial charge in [0.1, 0.15) is 5.75 Å². The van der Waals surface area contributed by atoms with Crippen LogP contribution < -0.4 is 4.74 Å². The number of carbonyl (C=O) groups is 2. The molecule has 0 fully saturated rings. The number of carboxylic acid groups (broad SMARTS) is 1. The lowest BCUT2D eigenvalue weighted by molar-refractivity contribution is -0.152. The summed E-state index contributed by atoms with van der Waals surface area (Å²) in [6.45, 7) is 5.93. The van der Waals surface area contributed by atoms with Crippen LogP contribution in [0.4, 0.5) is 0 Å². The predicted molar refractivity (Wildman–Crippen MR) is 114 cm³/mol. The van der Waals surface area contributed by atoms with Crippen molar-refractivity contribution in [2.75, 3.05) is 0 Å². The van der Waals surface area contributed by atoms with Gasteiger partial charge < -0.3 is 9.84 Å². The highest BCUT2D eigenvalue weighted by atomic mass is 16.5. The summed E-state index contributed by atoms with van der Waals surface area (Å²) in [5.41, 5.74) is 3.12. The van der Waals surface area contributed by atoms with Gasteiger partial charge >= 0.3 is 11.9 Å². The Labute approximate surface area is 169 Å². The third-order valence-electron chi connectivity index (χ3n) is 5.97. The molecule has 2 unspecified atom stereocenters. The second-order valence-electron chi connectivity index (χ2n) is 8.01. The van der Waals surface area contributed by atoms with Crippen LogP contribution in [-0.2, 0) is 9.59 Å². The average Bonchev–Trinajstić information content (AvgIpc) is 2.68. The highest BCUT2D eigenvalue weighted by Crippen LogP contribution is 2.39. The van der Waals surface area contributed by atoms with E-state index in [-0.39, 0.29) is 0 Å². The zero-order chi connectivity index (χ0) is 20.7. The van der Waals surface area contributed by atoms with Crippen LogP contribution in [-0.4, -0.2) is 17.0 Å². The number of fused-ring (bicyclic) bond motifs is 2. The number of hydrogen-bond acceptors (Lipinski definition) is 3. The number of allylic oxidation sites excluding steroid dienone is 2. The standard InChI is InChI=1S/C25H24O4/c1-14-10-11-19(21(12-14)24(26)27)25(28)29-23-18-9-5-6-15(2)20(18)13-17-8-4-7-16(3)22(17)23/h4-10,13,19,21H,11-12H2,1-3H3,(H,26,27). The Balaban J connectivity index is 1.85. The van der Waals surface area contributed by atoms with Crippen molar-refractivity contribution in [2.24, 2.45) is 11.8 Å². The van der Waals surface area contributed by atoms with E-state index in [1.165, 1.54) is 0 Å². The number of benzene rings is 3. The quantitative estimate of drug-likeness (QED) is 0.276. The molecule has 4 rings (SSSR count). The van der Waals surface area contributed by atoms with E-state index in [0.29, 0.717) is 18.6 Å². The van der Waals surface area contributed by atoms with Crippen LogP contribution in [0.15, 0.2) is 54.1 Å². The van der Waals surface area contributed by atoms with Gasteiger partial charge in [0.15, 0.2) is 0 Å². The first-order chi connectivity index (χ1) is 13.9. The molecule has 0 radical (unpaired) electrons. The molecule has 0 saturated heterocycles. The van der Waals surface area contributed by atoms with Crippen molar-refractivity contribution in [3.8, 4) is 5.75 Å². The van der Waals surface area contributed by atoms with Gasteiger partial charge in [-0.15, -0.1) is 0 Å². The summed E-state index contributed by atoms with van der Waals surface area (Å²) in [7, 11) is 0. The zero-order valence-corrected chi connectivity index (χ0v) is 16.9. The fourth-order valence-corrected chi connectivity index (χ4v) is 4.35. The lowest BCUT2D eigenvalue weighted by Crippen LogP contribution is -2.34. The smallest absolute Gasteiger partial charge is 0.315 e. The van der Waals surface area contributed by atoms with Crippen LogP contribution in [0, 0.1) is 25.7 Å². The average molecular weight is 388 g/mol. The van der Waals surface area contributed by atoms with Crippen LogP contribution in [0.2, 0.25) is 0 Å². The SMILES string of the molecule is CC1=CCC(C(=O)Oc2c3cccc(C)c3cc3cccc(C)c23)C(C(=O)O)C1. The first-order valence-electron chi connectivity index (χ1n) is 9.88. The van der Waals surface area contributed by atoms with Gasteiger partial charge in [-0.05, 0) is 61.6 Å². The summed E-state index contributed by atoms with van der Waals surface area (Å²) in [4.78, 5) is 24.9. The number of carboxylic acids is 1. The minimum absolute atomic E-state index is 0.378. The highest BCUT2D eigenvalue weighted by molar-refractivity contribution is 6.08. The zero-order valence-electron chi connectivity index (χ0n) is 16.9. The molecular formula is C25H24O4. The van der Waals surface area contributed by atoms with Gasteiger partial charge in [0.05, 0.1) is 11.8 Å². The lowest BCUT2D eigenvalue weighted by atomic mass is 9.80. The number of hydrogen-bond donors (Lipinski definition) is 1. The van der Waals surface area contributed by atoms with Gasteiger partial charge in [-0.25, -0.2) is 0 Å². The van der Waals surface area contributed by atoms with Gasteiger partial charge in [-0.1, -0.05) is 48.0 Å². The van der Waals surface area contributed by atoms with Crippen molar-refractivity contribution in [1.82, 2.24) is 0 Å². The van der Waals surface area contributed by atoms with Crippen molar-refractivity contribution in [2.45, 2.75) is 33.6 Å². The second kappa shape index (κ2) is 7.36. The van der Waals surface area contributed by atoms with Crippen molar-refractivity contribution < 1.29 is 19.4 Å². The van der Waals surface area contributed by atoms with Gasteiger partial charge in [0, 0.05) is 10.8 Å². The number of aryl methyl sites for hydroxylation is 2. The molecule has 3 aromatic carbocycles. The molecule has 0 spiro atoms. The molecule has 0 saturated carbocycles. The number of aliphatic carboxylic acids is 1. The van der Waals surface area contributed by atoms with Crippen LogP contribution in [0.5, 0.6) is 5.75 Å². The molecule has 0 aromatic heterocycles. The van der Waals surface area contributed by atoms with Crippen molar-refractivity contribution in [1.29, 1.82) is 0 Å². The van der Waals surface area contributed by atoms with E-state index < -0.39 is 23.8 Å². The molecule has 1 N–H and O–H groups in total. The molecule has 4 nitrogen and oxygen atoms in total. The van der Waals surface area contributed by atoms with E-state index in [2.05, 4.69) is 6.07 Å². The largest absolute Gasteiger partial charge is 0.481 e. The van der Waals surface area contributed by atoms with Crippen LogP contribution in [0.25, 0.3) is 21.5 Å². The number of ether oxygens (including phenoxy) is 1. The first-order valence-corrected chi connectivity index (χ1v) is 9.88. The summed E-state index contributed by atoms with van der Waals surface area (Å²) in [5.74, 6) is -2.33. The van der Waals surface area contributed by atoms with Crippen molar-refractivity contribution in [3.05, 3.63) is 65.2 Å². The van der Waals surface area contributed by atoms with Crippen molar-refractivity contribution >= 4 is 33.5 Å². The monoisotopic (exact) mass is 388 g/mol. The molecule has 148 valence electrons. The number of carbonyl (C=O) groups excluding carboxylic acids is 1. The summed E-state index contributed by atoms with van der Waals surface area (Å²) in [6.07, 6.45) is 2.72. The fraction of sp³-hybridized carbons (Fsp3) is 0.280. The molecule has 4 heteroatoms. The third-order valence-corrected chi connectivity index (χ3v) is 5.97. The van der Waals surface area contributed by atoms with Crippen LogP contribution in [0.3, 0.4) is 0 Å². The highest BCUT2D eigenvalue weighted by Gasteiger charge is 2.37. The summed E-state index contributed by atoms with van der Waals surface area (Å²) >= 11 is 0. The van der Waals surface area contributed by atoms with E-state index in [1.807, 2.05) is 63.2 Å². The molecule has 0 aliphatic heterocycles. The van der Waals surface area contributed by atoms with Crippen LogP contribution >= 0.6 is 0 Å². The first kappa shape index (κ1) is 19.2. The van der Waals surface area contributed by atoms with E-state index in [0.717, 1.165) is 38.2 Å². The molecule has 0 bridgehead atoms. The summed E-state index contributed by atoms with van der Waals surface area (Å²) in [6, 6.07) is 14.1. The lowest BCUT2D eigenvalue weighted by Gasteiger charge is -2.26. The Kier molecular flexibility index (Phi) is 4.87. The van der Waals surface area contributed by atoms with Gasteiger partial charge in [-0.2, -0.15) is 0 Å². The van der Waals surface area contributed by atoms with E-state index in [1.54, 1.807) is 0 Å². The minimum atomic E-state index is -0.950. The Hall–Kier alpha value is -3.14. The molecule has 29 heavy (non-hydrogen) atoms. The number of esters is 1.